The first-order valence-electron chi connectivity index (χ1n) is 10.9. The van der Waals surface area contributed by atoms with E-state index in [0.29, 0.717) is 11.3 Å². The number of rotatable bonds is 5. The zero-order chi connectivity index (χ0) is 21.8. The Kier molecular flexibility index (Phi) is 6.33. The van der Waals surface area contributed by atoms with Crippen LogP contribution in [-0.2, 0) is 4.79 Å². The lowest BCUT2D eigenvalue weighted by atomic mass is 9.97. The van der Waals surface area contributed by atoms with Crippen molar-refractivity contribution in [1.82, 2.24) is 10.6 Å². The zero-order valence-electron chi connectivity index (χ0n) is 18.1. The van der Waals surface area contributed by atoms with E-state index in [1.807, 2.05) is 44.2 Å². The number of benzene rings is 3. The molecule has 5 nitrogen and oxygen atoms in total. The molecule has 0 saturated carbocycles. The van der Waals surface area contributed by atoms with Crippen LogP contribution in [0.15, 0.2) is 60.7 Å². The van der Waals surface area contributed by atoms with Gasteiger partial charge >= 0.3 is 0 Å². The predicted octanol–water partition coefficient (Wildman–Crippen LogP) is 4.58. The third-order valence-corrected chi connectivity index (χ3v) is 6.10. The van der Waals surface area contributed by atoms with E-state index in [2.05, 4.69) is 40.2 Å². The van der Waals surface area contributed by atoms with Crippen molar-refractivity contribution in [2.24, 2.45) is 5.92 Å². The van der Waals surface area contributed by atoms with Gasteiger partial charge < -0.3 is 16.0 Å². The molecule has 3 aromatic rings. The third-order valence-electron chi connectivity index (χ3n) is 6.10. The van der Waals surface area contributed by atoms with Gasteiger partial charge in [0.2, 0.25) is 5.91 Å². The van der Waals surface area contributed by atoms with E-state index < -0.39 is 0 Å². The molecule has 0 aliphatic carbocycles. The average molecular weight is 416 g/mol. The molecule has 1 aliphatic rings. The number of anilines is 1. The Morgan fingerprint density at radius 2 is 1.74 bits per heavy atom. The third kappa shape index (κ3) is 4.78. The number of carbonyl (C=O) groups excluding carboxylic acids is 2. The second-order valence-corrected chi connectivity index (χ2v) is 8.31. The number of piperidine rings is 1. The molecule has 1 saturated heterocycles. The summed E-state index contributed by atoms with van der Waals surface area (Å²) < 4.78 is 0. The molecule has 1 heterocycles. The normalized spacial score (nSPS) is 15.4. The Balaban J connectivity index is 1.50. The smallest absolute Gasteiger partial charge is 0.252 e. The van der Waals surface area contributed by atoms with Gasteiger partial charge in [-0.1, -0.05) is 48.5 Å². The van der Waals surface area contributed by atoms with Gasteiger partial charge in [0.1, 0.15) is 0 Å². The summed E-state index contributed by atoms with van der Waals surface area (Å²) in [5, 5.41) is 11.7. The Hall–Kier alpha value is -3.18. The summed E-state index contributed by atoms with van der Waals surface area (Å²) in [5.41, 5.74) is 3.20. The van der Waals surface area contributed by atoms with E-state index in [9.17, 15) is 9.59 Å². The maximum absolute atomic E-state index is 13.1. The number of fused-ring (bicyclic) bond motifs is 1. The van der Waals surface area contributed by atoms with Crippen LogP contribution < -0.4 is 16.0 Å². The van der Waals surface area contributed by atoms with Gasteiger partial charge in [-0.25, -0.2) is 0 Å². The van der Waals surface area contributed by atoms with E-state index in [4.69, 9.17) is 0 Å². The fourth-order valence-corrected chi connectivity index (χ4v) is 4.25. The summed E-state index contributed by atoms with van der Waals surface area (Å²) in [6, 6.07) is 19.7. The SMILES string of the molecule is Cc1ccc(NC(=O)C2CCNCC2)cc1C(=O)NC(C)c1cccc2ccccc12. The fourth-order valence-electron chi connectivity index (χ4n) is 4.25. The highest BCUT2D eigenvalue weighted by atomic mass is 16.2. The number of aryl methyl sites for hydroxylation is 1. The van der Waals surface area contributed by atoms with E-state index in [-0.39, 0.29) is 23.8 Å². The number of nitrogens with one attached hydrogen (secondary N) is 3. The number of hydrogen-bond donors (Lipinski definition) is 3. The van der Waals surface area contributed by atoms with Crippen LogP contribution in [0.2, 0.25) is 0 Å². The summed E-state index contributed by atoms with van der Waals surface area (Å²) in [4.78, 5) is 25.7. The summed E-state index contributed by atoms with van der Waals surface area (Å²) in [7, 11) is 0. The molecule has 160 valence electrons. The van der Waals surface area contributed by atoms with Crippen molar-refractivity contribution < 1.29 is 9.59 Å². The maximum Gasteiger partial charge on any atom is 0.252 e. The van der Waals surface area contributed by atoms with E-state index in [1.54, 1.807) is 6.07 Å². The van der Waals surface area contributed by atoms with Gasteiger partial charge in [0, 0.05) is 17.2 Å². The van der Waals surface area contributed by atoms with Crippen molar-refractivity contribution >= 4 is 28.3 Å². The van der Waals surface area contributed by atoms with Crippen molar-refractivity contribution in [3.8, 4) is 0 Å². The topological polar surface area (TPSA) is 70.2 Å². The number of hydrogen-bond acceptors (Lipinski definition) is 3. The zero-order valence-corrected chi connectivity index (χ0v) is 18.1. The summed E-state index contributed by atoms with van der Waals surface area (Å²) in [6.45, 7) is 5.64. The Morgan fingerprint density at radius 3 is 2.55 bits per heavy atom. The number of carbonyl (C=O) groups is 2. The van der Waals surface area contributed by atoms with Crippen molar-refractivity contribution in [3.63, 3.8) is 0 Å². The van der Waals surface area contributed by atoms with Crippen LogP contribution in [0.25, 0.3) is 10.8 Å². The van der Waals surface area contributed by atoms with E-state index in [0.717, 1.165) is 47.8 Å². The molecule has 0 aromatic heterocycles. The van der Waals surface area contributed by atoms with E-state index >= 15 is 0 Å². The minimum Gasteiger partial charge on any atom is -0.345 e. The highest BCUT2D eigenvalue weighted by Gasteiger charge is 2.22. The second-order valence-electron chi connectivity index (χ2n) is 8.31. The summed E-state index contributed by atoms with van der Waals surface area (Å²) >= 11 is 0. The molecule has 5 heteroatoms. The predicted molar refractivity (Wildman–Crippen MR) is 125 cm³/mol. The Bertz CT molecular complexity index is 1100. The minimum absolute atomic E-state index is 0.0196. The van der Waals surface area contributed by atoms with Crippen LogP contribution in [0.1, 0.15) is 47.3 Å². The molecular formula is C26H29N3O2. The molecule has 0 spiro atoms. The minimum atomic E-state index is -0.147. The van der Waals surface area contributed by atoms with Crippen LogP contribution in [0.3, 0.4) is 0 Å². The monoisotopic (exact) mass is 415 g/mol. The Morgan fingerprint density at radius 1 is 1.00 bits per heavy atom. The van der Waals surface area contributed by atoms with Crippen molar-refractivity contribution in [2.75, 3.05) is 18.4 Å². The fraction of sp³-hybridized carbons (Fsp3) is 0.308. The lowest BCUT2D eigenvalue weighted by molar-refractivity contribution is -0.120. The van der Waals surface area contributed by atoms with E-state index in [1.165, 1.54) is 0 Å². The largest absolute Gasteiger partial charge is 0.345 e. The maximum atomic E-state index is 13.1. The Labute approximate surface area is 183 Å². The van der Waals surface area contributed by atoms with Crippen LogP contribution in [0, 0.1) is 12.8 Å². The highest BCUT2D eigenvalue weighted by molar-refractivity contribution is 5.99. The quantitative estimate of drug-likeness (QED) is 0.571. The van der Waals surface area contributed by atoms with Crippen LogP contribution in [0.4, 0.5) is 5.69 Å². The molecule has 1 aliphatic heterocycles. The molecule has 3 N–H and O–H groups in total. The van der Waals surface area contributed by atoms with Crippen molar-refractivity contribution in [2.45, 2.75) is 32.7 Å². The standard InChI is InChI=1S/C26H29N3O2/c1-17-10-11-21(29-25(30)20-12-14-27-15-13-20)16-24(17)26(31)28-18(2)22-9-5-7-19-6-3-4-8-23(19)22/h3-11,16,18,20,27H,12-15H2,1-2H3,(H,28,31)(H,29,30). The van der Waals surface area contributed by atoms with Gasteiger partial charge in [0.05, 0.1) is 6.04 Å². The molecule has 31 heavy (non-hydrogen) atoms. The lowest BCUT2D eigenvalue weighted by Crippen LogP contribution is -2.34. The van der Waals surface area contributed by atoms with Crippen molar-refractivity contribution in [1.29, 1.82) is 0 Å². The molecule has 1 atom stereocenters. The van der Waals surface area contributed by atoms with Gasteiger partial charge in [-0.3, -0.25) is 9.59 Å². The van der Waals surface area contributed by atoms with Crippen LogP contribution in [-0.4, -0.2) is 24.9 Å². The van der Waals surface area contributed by atoms with Crippen LogP contribution in [0.5, 0.6) is 0 Å². The van der Waals surface area contributed by atoms with Crippen molar-refractivity contribution in [3.05, 3.63) is 77.4 Å². The number of amides is 2. The first-order chi connectivity index (χ1) is 15.0. The average Bonchev–Trinajstić information content (AvgIpc) is 2.80. The molecule has 0 radical (unpaired) electrons. The molecule has 2 amide bonds. The lowest BCUT2D eigenvalue weighted by Gasteiger charge is -2.22. The first kappa shape index (κ1) is 21.1. The van der Waals surface area contributed by atoms with Gasteiger partial charge in [-0.2, -0.15) is 0 Å². The van der Waals surface area contributed by atoms with Crippen LogP contribution >= 0.6 is 0 Å². The molecular weight excluding hydrogens is 386 g/mol. The summed E-state index contributed by atoms with van der Waals surface area (Å²) in [5.74, 6) is -0.0945. The summed E-state index contributed by atoms with van der Waals surface area (Å²) in [6.07, 6.45) is 1.68. The molecule has 0 bridgehead atoms. The molecule has 3 aromatic carbocycles. The van der Waals surface area contributed by atoms with Gasteiger partial charge in [0.15, 0.2) is 0 Å². The molecule has 1 unspecified atom stereocenters. The van der Waals surface area contributed by atoms with Gasteiger partial charge in [-0.05, 0) is 73.8 Å². The van der Waals surface area contributed by atoms with Gasteiger partial charge in [-0.15, -0.1) is 0 Å². The molecule has 1 fully saturated rings. The molecule has 4 rings (SSSR count). The second kappa shape index (κ2) is 9.31. The highest BCUT2D eigenvalue weighted by Crippen LogP contribution is 2.25. The van der Waals surface area contributed by atoms with Gasteiger partial charge in [0.25, 0.3) is 5.91 Å². The first-order valence-corrected chi connectivity index (χ1v) is 10.9.